The third kappa shape index (κ3) is 14.7. The molecule has 2 rings (SSSR count). The Morgan fingerprint density at radius 2 is 1.64 bits per heavy atom. The zero-order valence-corrected chi connectivity index (χ0v) is 32.1. The van der Waals surface area contributed by atoms with E-state index in [-0.39, 0.29) is 31.6 Å². The normalized spacial score (nSPS) is 26.5. The highest BCUT2D eigenvalue weighted by Gasteiger charge is 2.43. The summed E-state index contributed by atoms with van der Waals surface area (Å²) in [5.74, 6) is -3.71. The SMILES string of the molecule is CC(C)C[C@@H]1NC(=O)[C@H](Cc2ccccc2)NN[C@](C)(C(=O)C(=O)[C@@H](N)CCCCN)CCC/C=C\CCC[C@@](C)(NN[C@H](C=O)[C@@H](C)O)C(=O)C1=O. The smallest absolute Gasteiger partial charge is 0.239 e. The largest absolute Gasteiger partial charge is 0.391 e. The number of amides is 1. The number of benzene rings is 1. The van der Waals surface area contributed by atoms with E-state index in [9.17, 15) is 33.9 Å². The summed E-state index contributed by atoms with van der Waals surface area (Å²) in [7, 11) is 0. The third-order valence-corrected chi connectivity index (χ3v) is 9.66. The molecule has 1 amide bonds. The lowest BCUT2D eigenvalue weighted by Gasteiger charge is -2.34. The summed E-state index contributed by atoms with van der Waals surface area (Å²) in [5, 5.41) is 12.8. The number of allylic oxidation sites excluding steroid dienone is 2. The van der Waals surface area contributed by atoms with Crippen molar-refractivity contribution in [1.82, 2.24) is 27.0 Å². The van der Waals surface area contributed by atoms with Crippen molar-refractivity contribution in [2.24, 2.45) is 17.4 Å². The van der Waals surface area contributed by atoms with Crippen molar-refractivity contribution in [2.45, 2.75) is 147 Å². The number of ketones is 4. The molecular weight excluding hydrogens is 678 g/mol. The fourth-order valence-corrected chi connectivity index (χ4v) is 6.15. The molecule has 7 atom stereocenters. The van der Waals surface area contributed by atoms with Crippen LogP contribution in [0.15, 0.2) is 42.5 Å². The first-order valence-corrected chi connectivity index (χ1v) is 18.9. The molecule has 53 heavy (non-hydrogen) atoms. The average Bonchev–Trinajstić information content (AvgIpc) is 3.12. The molecule has 0 aromatic heterocycles. The molecule has 0 saturated carbocycles. The summed E-state index contributed by atoms with van der Waals surface area (Å²) in [6, 6.07) is 4.90. The van der Waals surface area contributed by atoms with Gasteiger partial charge in [-0.25, -0.2) is 21.7 Å². The van der Waals surface area contributed by atoms with Gasteiger partial charge in [0.2, 0.25) is 29.0 Å². The van der Waals surface area contributed by atoms with Crippen LogP contribution in [-0.4, -0.2) is 88.3 Å². The molecule has 0 radical (unpaired) electrons. The van der Waals surface area contributed by atoms with Gasteiger partial charge in [0.25, 0.3) is 0 Å². The van der Waals surface area contributed by atoms with Gasteiger partial charge in [0.1, 0.15) is 18.4 Å². The monoisotopic (exact) mass is 741 g/mol. The maximum absolute atomic E-state index is 14.2. The summed E-state index contributed by atoms with van der Waals surface area (Å²) < 4.78 is 0. The van der Waals surface area contributed by atoms with E-state index >= 15 is 0 Å². The molecular formula is C39H63N7O7. The molecule has 1 heterocycles. The second-order valence-corrected chi connectivity index (χ2v) is 15.1. The van der Waals surface area contributed by atoms with Crippen LogP contribution < -0.4 is 38.5 Å². The molecule has 0 aliphatic carbocycles. The number of Topliss-reactive ketones (excluding diaryl/α,β-unsaturated/α-hetero) is 4. The van der Waals surface area contributed by atoms with E-state index < -0.39 is 70.4 Å². The number of carbonyl (C=O) groups is 6. The molecule has 10 N–H and O–H groups in total. The Morgan fingerprint density at radius 1 is 1.00 bits per heavy atom. The van der Waals surface area contributed by atoms with Gasteiger partial charge in [-0.05, 0) is 103 Å². The van der Waals surface area contributed by atoms with Gasteiger partial charge in [-0.15, -0.1) is 0 Å². The zero-order chi connectivity index (χ0) is 39.6. The van der Waals surface area contributed by atoms with E-state index in [1.807, 2.05) is 56.3 Å². The molecule has 1 aromatic rings. The first kappa shape index (κ1) is 45.7. The summed E-state index contributed by atoms with van der Waals surface area (Å²) in [5.41, 5.74) is 21.3. The van der Waals surface area contributed by atoms with Gasteiger partial charge in [0, 0.05) is 0 Å². The van der Waals surface area contributed by atoms with E-state index in [1.54, 1.807) is 13.8 Å². The zero-order valence-electron chi connectivity index (χ0n) is 32.1. The Bertz CT molecular complexity index is 1390. The fraction of sp³-hybridized carbons (Fsp3) is 0.641. The van der Waals surface area contributed by atoms with Crippen LogP contribution in [-0.2, 0) is 35.2 Å². The number of aliphatic hydroxyl groups excluding tert-OH is 1. The predicted octanol–water partition coefficient (Wildman–Crippen LogP) is 1.43. The minimum absolute atomic E-state index is 0.0910. The van der Waals surface area contributed by atoms with Crippen LogP contribution >= 0.6 is 0 Å². The van der Waals surface area contributed by atoms with Crippen LogP contribution in [0, 0.1) is 5.92 Å². The first-order valence-electron chi connectivity index (χ1n) is 18.9. The van der Waals surface area contributed by atoms with Gasteiger partial charge in [-0.3, -0.25) is 24.0 Å². The van der Waals surface area contributed by atoms with Crippen molar-refractivity contribution in [1.29, 1.82) is 0 Å². The first-order chi connectivity index (χ1) is 25.1. The van der Waals surface area contributed by atoms with E-state index in [1.165, 1.54) is 6.92 Å². The number of hydrogen-bond donors (Lipinski definition) is 8. The van der Waals surface area contributed by atoms with E-state index in [4.69, 9.17) is 11.5 Å². The van der Waals surface area contributed by atoms with Gasteiger partial charge in [-0.2, -0.15) is 0 Å². The molecule has 14 nitrogen and oxygen atoms in total. The fourth-order valence-electron chi connectivity index (χ4n) is 6.15. The number of hydrazine groups is 2. The minimum atomic E-state index is -1.48. The second kappa shape index (κ2) is 22.7. The second-order valence-electron chi connectivity index (χ2n) is 15.1. The van der Waals surface area contributed by atoms with Crippen molar-refractivity contribution >= 4 is 35.3 Å². The quantitative estimate of drug-likeness (QED) is 0.0394. The van der Waals surface area contributed by atoms with Crippen molar-refractivity contribution in [3.8, 4) is 0 Å². The van der Waals surface area contributed by atoms with Gasteiger partial charge in [-0.1, -0.05) is 62.8 Å². The molecule has 0 saturated heterocycles. The van der Waals surface area contributed by atoms with Gasteiger partial charge in [0.15, 0.2) is 0 Å². The number of aldehydes is 1. The van der Waals surface area contributed by atoms with Crippen LogP contribution in [0.2, 0.25) is 0 Å². The topological polar surface area (TPSA) is 235 Å². The molecule has 1 aromatic carbocycles. The number of hydrogen-bond acceptors (Lipinski definition) is 13. The predicted molar refractivity (Wildman–Crippen MR) is 204 cm³/mol. The van der Waals surface area contributed by atoms with Crippen molar-refractivity contribution < 1.29 is 33.9 Å². The molecule has 14 heteroatoms. The number of nitrogens with one attached hydrogen (secondary N) is 5. The number of aliphatic hydroxyl groups is 1. The minimum Gasteiger partial charge on any atom is -0.391 e. The van der Waals surface area contributed by atoms with Crippen LogP contribution in [0.1, 0.15) is 104 Å². The summed E-state index contributed by atoms with van der Waals surface area (Å²) >= 11 is 0. The van der Waals surface area contributed by atoms with Gasteiger partial charge in [0.05, 0.1) is 29.3 Å². The van der Waals surface area contributed by atoms with Crippen LogP contribution in [0.4, 0.5) is 0 Å². The molecule has 1 aliphatic heterocycles. The van der Waals surface area contributed by atoms with Crippen molar-refractivity contribution in [3.05, 3.63) is 48.0 Å². The third-order valence-electron chi connectivity index (χ3n) is 9.66. The van der Waals surface area contributed by atoms with Crippen molar-refractivity contribution in [3.63, 3.8) is 0 Å². The number of nitrogens with two attached hydrogens (primary N) is 2. The van der Waals surface area contributed by atoms with Gasteiger partial charge < -0.3 is 26.7 Å². The number of rotatable bonds is 16. The lowest BCUT2D eigenvalue weighted by molar-refractivity contribution is -0.143. The molecule has 0 spiro atoms. The van der Waals surface area contributed by atoms with Crippen LogP contribution in [0.25, 0.3) is 0 Å². The lowest BCUT2D eigenvalue weighted by atomic mass is 9.84. The Kier molecular flexibility index (Phi) is 19.5. The highest BCUT2D eigenvalue weighted by molar-refractivity contribution is 6.43. The Hall–Kier alpha value is -3.50. The van der Waals surface area contributed by atoms with Crippen LogP contribution in [0.5, 0.6) is 0 Å². The van der Waals surface area contributed by atoms with E-state index in [0.717, 1.165) is 5.56 Å². The summed E-state index contributed by atoms with van der Waals surface area (Å²) in [4.78, 5) is 81.1. The highest BCUT2D eigenvalue weighted by Crippen LogP contribution is 2.21. The summed E-state index contributed by atoms with van der Waals surface area (Å²) in [6.07, 6.45) is 7.86. The highest BCUT2D eigenvalue weighted by atomic mass is 16.3. The van der Waals surface area contributed by atoms with E-state index in [0.29, 0.717) is 57.8 Å². The Morgan fingerprint density at radius 3 is 2.23 bits per heavy atom. The molecule has 296 valence electrons. The lowest BCUT2D eigenvalue weighted by Crippen LogP contribution is -2.65. The van der Waals surface area contributed by atoms with E-state index in [2.05, 4.69) is 27.0 Å². The number of carbonyl (C=O) groups excluding carboxylic acids is 6. The van der Waals surface area contributed by atoms with Gasteiger partial charge >= 0.3 is 0 Å². The number of unbranched alkanes of at least 4 members (excludes halogenated alkanes) is 1. The molecule has 0 unspecified atom stereocenters. The molecule has 0 fully saturated rings. The summed E-state index contributed by atoms with van der Waals surface area (Å²) in [6.45, 7) is 8.80. The molecule has 0 bridgehead atoms. The Labute approximate surface area is 314 Å². The maximum atomic E-state index is 14.2. The maximum Gasteiger partial charge on any atom is 0.239 e. The standard InChI is InChI=1S/C39H63N7O7/c1-26(2)23-30-34(50)36(52)39(5,46-44-32(25-47)27(3)48)21-15-9-7-6-8-14-20-38(4,35(51)33(49)29(41)19-13-16-22-40)45-43-31(37(53)42-30)24-28-17-11-10-12-18-28/h6-7,10-12,17-18,25-27,29-32,43-46,48H,8-9,13-16,19-24,40-41H2,1-5H3,(H,42,53)/b7-6-/t27-,29+,30+,31+,32-,38+,39-/m1/s1. The Balaban J connectivity index is 2.54. The molecule has 1 aliphatic rings. The van der Waals surface area contributed by atoms with Crippen LogP contribution in [0.3, 0.4) is 0 Å². The van der Waals surface area contributed by atoms with Crippen molar-refractivity contribution in [2.75, 3.05) is 6.54 Å². The average molecular weight is 742 g/mol.